The number of hydrogen-bond donors (Lipinski definition) is 2. The van der Waals surface area contributed by atoms with E-state index in [1.54, 1.807) is 11.6 Å². The fourth-order valence-corrected chi connectivity index (χ4v) is 4.84. The van der Waals surface area contributed by atoms with Crippen molar-refractivity contribution in [3.8, 4) is 0 Å². The molecular formula is C15H16ClN3OS. The minimum Gasteiger partial charge on any atom is -0.327 e. The molecule has 4 nitrogen and oxygen atoms in total. The molecule has 21 heavy (non-hydrogen) atoms. The van der Waals surface area contributed by atoms with E-state index < -0.39 is 0 Å². The average Bonchev–Trinajstić information content (AvgIpc) is 3.16. The summed E-state index contributed by atoms with van der Waals surface area (Å²) < 4.78 is 1.02. The number of nitrogens with zero attached hydrogens (tertiary/aromatic N) is 1. The summed E-state index contributed by atoms with van der Waals surface area (Å²) in [6, 6.07) is 3.71. The van der Waals surface area contributed by atoms with E-state index in [1.165, 1.54) is 11.3 Å². The predicted octanol–water partition coefficient (Wildman–Crippen LogP) is 3.26. The van der Waals surface area contributed by atoms with Crippen molar-refractivity contribution in [1.82, 2.24) is 4.98 Å². The van der Waals surface area contributed by atoms with Crippen LogP contribution in [0.25, 0.3) is 10.2 Å². The van der Waals surface area contributed by atoms with Crippen molar-refractivity contribution >= 4 is 44.7 Å². The van der Waals surface area contributed by atoms with Crippen LogP contribution in [0.3, 0.4) is 0 Å². The molecule has 0 spiro atoms. The molecule has 1 heterocycles. The van der Waals surface area contributed by atoms with Crippen molar-refractivity contribution in [3.63, 3.8) is 0 Å². The zero-order chi connectivity index (χ0) is 14.6. The first-order chi connectivity index (χ1) is 10.1. The highest BCUT2D eigenvalue weighted by Gasteiger charge is 2.49. The molecule has 2 aromatic rings. The first-order valence-electron chi connectivity index (χ1n) is 7.23. The van der Waals surface area contributed by atoms with Crippen LogP contribution in [0.4, 0.5) is 5.69 Å². The third-order valence-electron chi connectivity index (χ3n) is 4.98. The fraction of sp³-hybridized carbons (Fsp3) is 0.467. The maximum atomic E-state index is 12.7. The van der Waals surface area contributed by atoms with E-state index >= 15 is 0 Å². The third-order valence-corrected chi connectivity index (χ3v) is 6.09. The van der Waals surface area contributed by atoms with Crippen LogP contribution in [0.15, 0.2) is 17.6 Å². The van der Waals surface area contributed by atoms with Crippen LogP contribution in [0.5, 0.6) is 0 Å². The standard InChI is InChI=1S/C15H16ClN3OS/c16-9-3-4-10-14(18-6-21-10)13(9)19-15(20)11-7-1-2-8(5-7)12(11)17/h3-4,6-8,11-12H,1-2,5,17H2,(H,19,20). The van der Waals surface area contributed by atoms with Crippen LogP contribution in [-0.4, -0.2) is 16.9 Å². The second kappa shape index (κ2) is 4.93. The van der Waals surface area contributed by atoms with Crippen LogP contribution in [0.2, 0.25) is 5.02 Å². The summed E-state index contributed by atoms with van der Waals surface area (Å²) in [7, 11) is 0. The Balaban J connectivity index is 1.64. The van der Waals surface area contributed by atoms with Crippen LogP contribution < -0.4 is 11.1 Å². The number of carbonyl (C=O) groups excluding carboxylic acids is 1. The van der Waals surface area contributed by atoms with E-state index in [9.17, 15) is 4.79 Å². The van der Waals surface area contributed by atoms with Gasteiger partial charge in [-0.2, -0.15) is 0 Å². The number of rotatable bonds is 2. The molecule has 4 rings (SSSR count). The number of halogens is 1. The molecule has 1 aromatic heterocycles. The highest BCUT2D eigenvalue weighted by atomic mass is 35.5. The smallest absolute Gasteiger partial charge is 0.229 e. The minimum absolute atomic E-state index is 0.00269. The molecule has 2 aliphatic carbocycles. The van der Waals surface area contributed by atoms with Crippen molar-refractivity contribution in [2.45, 2.75) is 25.3 Å². The summed E-state index contributed by atoms with van der Waals surface area (Å²) in [6.45, 7) is 0. The number of nitrogens with one attached hydrogen (secondary N) is 1. The second-order valence-corrected chi connectivity index (χ2v) is 7.34. The summed E-state index contributed by atoms with van der Waals surface area (Å²) in [5.74, 6) is 0.848. The molecule has 1 amide bonds. The zero-order valence-corrected chi connectivity index (χ0v) is 13.0. The van der Waals surface area contributed by atoms with Gasteiger partial charge in [-0.05, 0) is 43.2 Å². The van der Waals surface area contributed by atoms with Gasteiger partial charge in [0.1, 0.15) is 5.52 Å². The van der Waals surface area contributed by atoms with E-state index in [0.29, 0.717) is 22.5 Å². The van der Waals surface area contributed by atoms with Gasteiger partial charge in [-0.15, -0.1) is 11.3 Å². The number of anilines is 1. The lowest BCUT2D eigenvalue weighted by atomic mass is 9.84. The molecule has 2 saturated carbocycles. The Kier molecular flexibility index (Phi) is 3.17. The maximum Gasteiger partial charge on any atom is 0.229 e. The Bertz CT molecular complexity index is 714. The quantitative estimate of drug-likeness (QED) is 0.892. The lowest BCUT2D eigenvalue weighted by molar-refractivity contribution is -0.121. The van der Waals surface area contributed by atoms with E-state index in [2.05, 4.69) is 10.3 Å². The summed E-state index contributed by atoms with van der Waals surface area (Å²) in [4.78, 5) is 17.0. The van der Waals surface area contributed by atoms with Gasteiger partial charge in [0.05, 0.1) is 26.8 Å². The largest absolute Gasteiger partial charge is 0.327 e. The molecule has 3 N–H and O–H groups in total. The van der Waals surface area contributed by atoms with Gasteiger partial charge in [0, 0.05) is 6.04 Å². The van der Waals surface area contributed by atoms with Crippen LogP contribution >= 0.6 is 22.9 Å². The Hall–Kier alpha value is -1.17. The molecule has 2 fully saturated rings. The molecule has 1 aromatic carbocycles. The molecule has 4 atom stereocenters. The van der Waals surface area contributed by atoms with Gasteiger partial charge >= 0.3 is 0 Å². The van der Waals surface area contributed by atoms with Crippen LogP contribution in [-0.2, 0) is 4.79 Å². The number of amides is 1. The molecule has 2 bridgehead atoms. The molecule has 0 saturated heterocycles. The lowest BCUT2D eigenvalue weighted by Crippen LogP contribution is -2.42. The molecular weight excluding hydrogens is 306 g/mol. The highest BCUT2D eigenvalue weighted by Crippen LogP contribution is 2.48. The average molecular weight is 322 g/mol. The van der Waals surface area contributed by atoms with Gasteiger partial charge in [0.25, 0.3) is 0 Å². The first kappa shape index (κ1) is 13.5. The Labute approximate surface area is 131 Å². The second-order valence-electron chi connectivity index (χ2n) is 6.05. The molecule has 110 valence electrons. The molecule has 6 heteroatoms. The number of benzene rings is 1. The number of carbonyl (C=O) groups is 1. The normalized spacial score (nSPS) is 31.0. The number of aromatic nitrogens is 1. The Morgan fingerprint density at radius 1 is 1.38 bits per heavy atom. The van der Waals surface area contributed by atoms with Crippen molar-refractivity contribution < 1.29 is 4.79 Å². The zero-order valence-electron chi connectivity index (χ0n) is 11.4. The third kappa shape index (κ3) is 2.06. The van der Waals surface area contributed by atoms with Crippen molar-refractivity contribution in [3.05, 3.63) is 22.7 Å². The number of hydrogen-bond acceptors (Lipinski definition) is 4. The summed E-state index contributed by atoms with van der Waals surface area (Å²) in [5.41, 5.74) is 9.39. The van der Waals surface area contributed by atoms with Gasteiger partial charge in [-0.1, -0.05) is 11.6 Å². The summed E-state index contributed by atoms with van der Waals surface area (Å²) in [6.07, 6.45) is 3.37. The van der Waals surface area contributed by atoms with E-state index in [1.807, 2.05) is 6.07 Å². The first-order valence-corrected chi connectivity index (χ1v) is 8.49. The van der Waals surface area contributed by atoms with Gasteiger partial charge in [0.15, 0.2) is 0 Å². The number of nitrogens with two attached hydrogens (primary N) is 1. The summed E-state index contributed by atoms with van der Waals surface area (Å²) in [5, 5.41) is 3.52. The molecule has 2 aliphatic rings. The fourth-order valence-electron chi connectivity index (χ4n) is 3.96. The van der Waals surface area contributed by atoms with Crippen molar-refractivity contribution in [1.29, 1.82) is 0 Å². The van der Waals surface area contributed by atoms with Crippen LogP contribution in [0, 0.1) is 17.8 Å². The van der Waals surface area contributed by atoms with Gasteiger partial charge in [-0.25, -0.2) is 4.98 Å². The topological polar surface area (TPSA) is 68.0 Å². The summed E-state index contributed by atoms with van der Waals surface area (Å²) >= 11 is 7.78. The lowest BCUT2D eigenvalue weighted by Gasteiger charge is -2.27. The minimum atomic E-state index is -0.0892. The number of thiazole rings is 1. The molecule has 0 radical (unpaired) electrons. The molecule has 4 unspecified atom stereocenters. The van der Waals surface area contributed by atoms with E-state index in [4.69, 9.17) is 17.3 Å². The highest BCUT2D eigenvalue weighted by molar-refractivity contribution is 7.16. The van der Waals surface area contributed by atoms with Gasteiger partial charge in [-0.3, -0.25) is 4.79 Å². The van der Waals surface area contributed by atoms with Gasteiger partial charge in [0.2, 0.25) is 5.91 Å². The monoisotopic (exact) mass is 321 g/mol. The molecule has 0 aliphatic heterocycles. The maximum absolute atomic E-state index is 12.7. The Morgan fingerprint density at radius 2 is 2.19 bits per heavy atom. The van der Waals surface area contributed by atoms with Crippen molar-refractivity contribution in [2.75, 3.05) is 5.32 Å². The van der Waals surface area contributed by atoms with Gasteiger partial charge < -0.3 is 11.1 Å². The number of fused-ring (bicyclic) bond motifs is 3. The van der Waals surface area contributed by atoms with Crippen LogP contribution in [0.1, 0.15) is 19.3 Å². The SMILES string of the molecule is NC1C2CCC(C2)C1C(=O)Nc1c(Cl)ccc2scnc12. The van der Waals surface area contributed by atoms with Crippen molar-refractivity contribution in [2.24, 2.45) is 23.5 Å². The predicted molar refractivity (Wildman–Crippen MR) is 85.6 cm³/mol. The van der Waals surface area contributed by atoms with E-state index in [0.717, 1.165) is 29.5 Å². The Morgan fingerprint density at radius 3 is 2.95 bits per heavy atom. The van der Waals surface area contributed by atoms with E-state index in [-0.39, 0.29) is 17.9 Å².